The van der Waals surface area contributed by atoms with E-state index >= 15 is 0 Å². The third-order valence-electron chi connectivity index (χ3n) is 5.61. The van der Waals surface area contributed by atoms with Crippen molar-refractivity contribution >= 4 is 0 Å². The zero-order chi connectivity index (χ0) is 12.5. The number of nitrogens with two attached hydrogens (primary N) is 1. The Labute approximate surface area is 110 Å². The molecule has 4 nitrogen and oxygen atoms in total. The van der Waals surface area contributed by atoms with Crippen LogP contribution in [0.15, 0.2) is 0 Å². The third kappa shape index (κ3) is 2.31. The van der Waals surface area contributed by atoms with E-state index < -0.39 is 0 Å². The summed E-state index contributed by atoms with van der Waals surface area (Å²) in [6.07, 6.45) is 7.80. The Morgan fingerprint density at radius 3 is 2.22 bits per heavy atom. The second-order valence-electron chi connectivity index (χ2n) is 6.42. The van der Waals surface area contributed by atoms with E-state index in [-0.39, 0.29) is 0 Å². The average molecular weight is 253 g/mol. The molecule has 3 N–H and O–H groups in total. The molecule has 3 unspecified atom stereocenters. The van der Waals surface area contributed by atoms with E-state index in [1.54, 1.807) is 0 Å². The second-order valence-corrected chi connectivity index (χ2v) is 6.42. The molecule has 3 atom stereocenters. The molecule has 104 valence electrons. The predicted molar refractivity (Wildman–Crippen MR) is 72.0 cm³/mol. The summed E-state index contributed by atoms with van der Waals surface area (Å²) in [4.78, 5) is 2.61. The topological polar surface area (TPSA) is 50.5 Å². The summed E-state index contributed by atoms with van der Waals surface area (Å²) < 4.78 is 5.48. The van der Waals surface area contributed by atoms with E-state index in [1.807, 2.05) is 0 Å². The van der Waals surface area contributed by atoms with Crippen molar-refractivity contribution in [2.45, 2.75) is 56.7 Å². The molecular weight excluding hydrogens is 226 g/mol. The Hall–Kier alpha value is -0.160. The van der Waals surface area contributed by atoms with Gasteiger partial charge in [0.25, 0.3) is 0 Å². The molecular formula is C14H27N3O. The fourth-order valence-corrected chi connectivity index (χ4v) is 4.48. The summed E-state index contributed by atoms with van der Waals surface area (Å²) >= 11 is 0. The van der Waals surface area contributed by atoms with Crippen molar-refractivity contribution in [3.8, 4) is 0 Å². The monoisotopic (exact) mass is 253 g/mol. The lowest BCUT2D eigenvalue weighted by Crippen LogP contribution is -2.52. The number of nitrogens with zero attached hydrogens (tertiary/aromatic N) is 1. The van der Waals surface area contributed by atoms with Crippen molar-refractivity contribution in [2.24, 2.45) is 17.7 Å². The minimum Gasteiger partial charge on any atom is -0.381 e. The maximum atomic E-state index is 5.88. The smallest absolute Gasteiger partial charge is 0.0469 e. The normalized spacial score (nSPS) is 40.0. The van der Waals surface area contributed by atoms with Gasteiger partial charge in [0.2, 0.25) is 0 Å². The Bertz CT molecular complexity index is 266. The van der Waals surface area contributed by atoms with E-state index in [0.717, 1.165) is 37.1 Å². The van der Waals surface area contributed by atoms with Crippen LogP contribution in [0.25, 0.3) is 0 Å². The number of hydrazine groups is 1. The molecule has 0 saturated carbocycles. The molecule has 3 heterocycles. The van der Waals surface area contributed by atoms with Crippen LogP contribution in [0.1, 0.15) is 38.5 Å². The minimum absolute atomic E-state index is 0.505. The quantitative estimate of drug-likeness (QED) is 0.584. The Morgan fingerprint density at radius 1 is 1.06 bits per heavy atom. The zero-order valence-electron chi connectivity index (χ0n) is 11.5. The molecule has 0 spiro atoms. The summed E-state index contributed by atoms with van der Waals surface area (Å²) in [5.41, 5.74) is 3.15. The molecule has 3 saturated heterocycles. The van der Waals surface area contributed by atoms with Crippen LogP contribution >= 0.6 is 0 Å². The van der Waals surface area contributed by atoms with Crippen molar-refractivity contribution in [1.82, 2.24) is 10.3 Å². The highest BCUT2D eigenvalue weighted by molar-refractivity contribution is 4.97. The Kier molecular flexibility index (Phi) is 3.89. The molecule has 0 aromatic carbocycles. The maximum Gasteiger partial charge on any atom is 0.0469 e. The summed E-state index contributed by atoms with van der Waals surface area (Å²) in [5.74, 6) is 7.37. The number of piperidine rings is 1. The first kappa shape index (κ1) is 12.9. The molecule has 3 rings (SSSR count). The van der Waals surface area contributed by atoms with E-state index in [9.17, 15) is 0 Å². The van der Waals surface area contributed by atoms with Gasteiger partial charge < -0.3 is 9.64 Å². The molecule has 2 bridgehead atoms. The lowest BCUT2D eigenvalue weighted by molar-refractivity contribution is 0.0283. The van der Waals surface area contributed by atoms with Gasteiger partial charge in [-0.25, -0.2) is 0 Å². The van der Waals surface area contributed by atoms with Gasteiger partial charge in [0.05, 0.1) is 0 Å². The highest BCUT2D eigenvalue weighted by Crippen LogP contribution is 2.40. The van der Waals surface area contributed by atoms with Crippen LogP contribution in [0, 0.1) is 11.8 Å². The van der Waals surface area contributed by atoms with Gasteiger partial charge in [-0.1, -0.05) is 0 Å². The number of rotatable bonds is 3. The summed E-state index contributed by atoms with van der Waals surface area (Å²) in [7, 11) is 2.30. The standard InChI is InChI=1S/C14H27N3O/c1-17-12-2-3-13(17)9-11(8-12)14(16-15)10-4-6-18-7-5-10/h10-14,16H,2-9,15H2,1H3. The predicted octanol–water partition coefficient (Wildman–Crippen LogP) is 1.12. The van der Waals surface area contributed by atoms with E-state index in [1.165, 1.54) is 38.5 Å². The SMILES string of the molecule is CN1C2CCC1CC(C(NN)C1CCOCC1)C2. The molecule has 3 aliphatic rings. The van der Waals surface area contributed by atoms with Crippen molar-refractivity contribution in [3.63, 3.8) is 0 Å². The van der Waals surface area contributed by atoms with Crippen LogP contribution in [0.4, 0.5) is 0 Å². The molecule has 18 heavy (non-hydrogen) atoms. The Balaban J connectivity index is 1.65. The highest BCUT2D eigenvalue weighted by atomic mass is 16.5. The van der Waals surface area contributed by atoms with Crippen LogP contribution in [0.2, 0.25) is 0 Å². The number of fused-ring (bicyclic) bond motifs is 2. The van der Waals surface area contributed by atoms with Gasteiger partial charge >= 0.3 is 0 Å². The third-order valence-corrected chi connectivity index (χ3v) is 5.61. The molecule has 0 aromatic heterocycles. The summed E-state index contributed by atoms with van der Waals surface area (Å²) in [6, 6.07) is 2.12. The van der Waals surface area contributed by atoms with Gasteiger partial charge in [-0.05, 0) is 57.4 Å². The average Bonchev–Trinajstić information content (AvgIpc) is 2.64. The van der Waals surface area contributed by atoms with Gasteiger partial charge in [0, 0.05) is 31.3 Å². The van der Waals surface area contributed by atoms with Crippen molar-refractivity contribution in [3.05, 3.63) is 0 Å². The van der Waals surface area contributed by atoms with Crippen LogP contribution in [0.3, 0.4) is 0 Å². The molecule has 0 amide bonds. The zero-order valence-corrected chi connectivity index (χ0v) is 11.5. The Morgan fingerprint density at radius 2 is 1.67 bits per heavy atom. The van der Waals surface area contributed by atoms with Gasteiger partial charge in [0.1, 0.15) is 0 Å². The number of ether oxygens (including phenoxy) is 1. The van der Waals surface area contributed by atoms with Crippen molar-refractivity contribution in [1.29, 1.82) is 0 Å². The van der Waals surface area contributed by atoms with E-state index in [0.29, 0.717) is 6.04 Å². The van der Waals surface area contributed by atoms with Crippen molar-refractivity contribution < 1.29 is 4.74 Å². The minimum atomic E-state index is 0.505. The first-order valence-electron chi connectivity index (χ1n) is 7.55. The molecule has 0 aliphatic carbocycles. The van der Waals surface area contributed by atoms with E-state index in [4.69, 9.17) is 10.6 Å². The van der Waals surface area contributed by atoms with Gasteiger partial charge in [-0.3, -0.25) is 11.3 Å². The maximum absolute atomic E-state index is 5.88. The fraction of sp³-hybridized carbons (Fsp3) is 1.00. The van der Waals surface area contributed by atoms with Gasteiger partial charge in [-0.2, -0.15) is 0 Å². The molecule has 0 aromatic rings. The number of hydrogen-bond acceptors (Lipinski definition) is 4. The first-order chi connectivity index (χ1) is 8.79. The number of hydrogen-bond donors (Lipinski definition) is 2. The van der Waals surface area contributed by atoms with Crippen LogP contribution in [-0.2, 0) is 4.74 Å². The largest absolute Gasteiger partial charge is 0.381 e. The van der Waals surface area contributed by atoms with Crippen LogP contribution in [0.5, 0.6) is 0 Å². The highest BCUT2D eigenvalue weighted by Gasteiger charge is 2.42. The van der Waals surface area contributed by atoms with Crippen LogP contribution in [-0.4, -0.2) is 43.3 Å². The van der Waals surface area contributed by atoms with Crippen molar-refractivity contribution in [2.75, 3.05) is 20.3 Å². The van der Waals surface area contributed by atoms with Crippen LogP contribution < -0.4 is 11.3 Å². The second kappa shape index (κ2) is 5.45. The lowest BCUT2D eigenvalue weighted by Gasteiger charge is -2.42. The summed E-state index contributed by atoms with van der Waals surface area (Å²) in [6.45, 7) is 1.84. The molecule has 3 fully saturated rings. The number of nitrogens with one attached hydrogen (secondary N) is 1. The van der Waals surface area contributed by atoms with Gasteiger partial charge in [0.15, 0.2) is 0 Å². The molecule has 3 aliphatic heterocycles. The molecule has 4 heteroatoms. The van der Waals surface area contributed by atoms with E-state index in [2.05, 4.69) is 17.4 Å². The fourth-order valence-electron chi connectivity index (χ4n) is 4.48. The lowest BCUT2D eigenvalue weighted by atomic mass is 9.77. The first-order valence-corrected chi connectivity index (χ1v) is 7.55. The summed E-state index contributed by atoms with van der Waals surface area (Å²) in [5, 5.41) is 0. The molecule has 0 radical (unpaired) electrons. The van der Waals surface area contributed by atoms with Gasteiger partial charge in [-0.15, -0.1) is 0 Å².